The third kappa shape index (κ3) is 6.34. The first kappa shape index (κ1) is 40.9. The summed E-state index contributed by atoms with van der Waals surface area (Å²) >= 11 is 0. The normalized spacial score (nSPS) is 15.0. The van der Waals surface area contributed by atoms with E-state index >= 15 is 0 Å². The van der Waals surface area contributed by atoms with Crippen LogP contribution in [0.1, 0.15) is 48.9 Å². The number of anilines is 7. The molecule has 0 amide bonds. The zero-order chi connectivity index (χ0) is 46.5. The summed E-state index contributed by atoms with van der Waals surface area (Å²) in [5.74, 6) is 0. The summed E-state index contributed by atoms with van der Waals surface area (Å²) in [6.45, 7) is 6.66. The van der Waals surface area contributed by atoms with Gasteiger partial charge in [0.2, 0.25) is 0 Å². The minimum atomic E-state index is -0.160. The number of para-hydroxylation sites is 4. The molecule has 3 aliphatic heterocycles. The summed E-state index contributed by atoms with van der Waals surface area (Å²) in [4.78, 5) is 7.81. The van der Waals surface area contributed by atoms with Gasteiger partial charge in [0, 0.05) is 35.6 Å². The van der Waals surface area contributed by atoms with Crippen LogP contribution in [0.4, 0.5) is 39.8 Å². The Labute approximate surface area is 410 Å². The molecule has 11 aromatic carbocycles. The number of nitrogens with zero attached hydrogens (tertiary/aromatic N) is 3. The van der Waals surface area contributed by atoms with Crippen molar-refractivity contribution in [3.05, 3.63) is 235 Å². The molecule has 0 unspecified atom stereocenters. The van der Waals surface area contributed by atoms with Crippen molar-refractivity contribution in [3.8, 4) is 22.3 Å². The third-order valence-electron chi connectivity index (χ3n) is 16.0. The minimum absolute atomic E-state index is 0.160. The van der Waals surface area contributed by atoms with Crippen molar-refractivity contribution in [2.24, 2.45) is 0 Å². The molecular weight excluding hydrogens is 847 g/mol. The van der Waals surface area contributed by atoms with Gasteiger partial charge in [0.15, 0.2) is 0 Å². The second kappa shape index (κ2) is 16.0. The molecule has 3 heteroatoms. The largest absolute Gasteiger partial charge is 0.340 e. The summed E-state index contributed by atoms with van der Waals surface area (Å²) in [5, 5.41) is 9.98. The average molecular weight is 900 g/mol. The molecule has 0 N–H and O–H groups in total. The average Bonchev–Trinajstić information content (AvgIpc) is 3.41. The van der Waals surface area contributed by atoms with Crippen molar-refractivity contribution < 1.29 is 0 Å². The van der Waals surface area contributed by atoms with Crippen LogP contribution in [0.15, 0.2) is 212 Å². The van der Waals surface area contributed by atoms with Crippen LogP contribution in [0.2, 0.25) is 0 Å². The summed E-state index contributed by atoms with van der Waals surface area (Å²) in [7, 11) is 0. The van der Waals surface area contributed by atoms with Crippen LogP contribution in [0.5, 0.6) is 0 Å². The lowest BCUT2D eigenvalue weighted by atomic mass is 9.73. The van der Waals surface area contributed by atoms with E-state index in [4.69, 9.17) is 0 Å². The molecular formula is C67H53N3. The molecule has 0 bridgehead atoms. The first-order valence-electron chi connectivity index (χ1n) is 25.2. The van der Waals surface area contributed by atoms with Crippen LogP contribution in [-0.4, -0.2) is 13.1 Å². The maximum atomic E-state index is 2.65. The predicted molar refractivity (Wildman–Crippen MR) is 298 cm³/mol. The van der Waals surface area contributed by atoms with E-state index in [1.54, 1.807) is 0 Å². The zero-order valence-electron chi connectivity index (χ0n) is 39.8. The Balaban J connectivity index is 1.15. The Morgan fingerprint density at radius 1 is 0.343 bits per heavy atom. The fourth-order valence-electron chi connectivity index (χ4n) is 12.6. The number of aryl methyl sites for hydroxylation is 2. The van der Waals surface area contributed by atoms with Crippen molar-refractivity contribution in [2.75, 3.05) is 27.8 Å². The molecule has 0 saturated carbocycles. The van der Waals surface area contributed by atoms with Gasteiger partial charge >= 0.3 is 0 Å². The smallest absolute Gasteiger partial charge is 0.0658 e. The zero-order valence-corrected chi connectivity index (χ0v) is 39.8. The van der Waals surface area contributed by atoms with Gasteiger partial charge < -0.3 is 14.7 Å². The maximum Gasteiger partial charge on any atom is 0.0658 e. The molecule has 0 radical (unpaired) electrons. The van der Waals surface area contributed by atoms with Gasteiger partial charge in [0.1, 0.15) is 0 Å². The van der Waals surface area contributed by atoms with Gasteiger partial charge in [-0.1, -0.05) is 166 Å². The molecule has 0 saturated heterocycles. The van der Waals surface area contributed by atoms with Crippen LogP contribution >= 0.6 is 0 Å². The lowest BCUT2D eigenvalue weighted by Crippen LogP contribution is -2.30. The Bertz CT molecular complexity index is 3870. The van der Waals surface area contributed by atoms with Crippen molar-refractivity contribution in [1.82, 2.24) is 0 Å². The number of hydrogen-bond acceptors (Lipinski definition) is 3. The molecule has 0 atom stereocenters. The second-order valence-electron chi connectivity index (χ2n) is 20.3. The van der Waals surface area contributed by atoms with E-state index < -0.39 is 0 Å². The summed E-state index contributed by atoms with van der Waals surface area (Å²) in [6, 6.07) is 80.7. The van der Waals surface area contributed by atoms with Crippen LogP contribution in [0, 0.1) is 0 Å². The van der Waals surface area contributed by atoms with Crippen molar-refractivity contribution in [1.29, 1.82) is 0 Å². The standard InChI is InChI=1S/C67H53N3/c1-67(2)57-25-9-13-29-61(57)70(62-30-14-10-26-58(62)67)52-35-36-53-54(41-52)66(51-34-32-45-18-4-6-22-49(45)40-51)56-43-64(69-38-16-24-47-20-8-12-28-60(47)69)63(68-37-15-23-46-19-7-11-27-59(46)68)42-55(56)65(53)50-33-31-44-17-3-5-21-48(44)39-50/h3-14,17-22,25-36,39-43H,15-16,23-24,37-38H2,1-2H3. The first-order chi connectivity index (χ1) is 34.5. The van der Waals surface area contributed by atoms with Crippen LogP contribution < -0.4 is 14.7 Å². The molecule has 3 heterocycles. The third-order valence-corrected chi connectivity index (χ3v) is 16.0. The summed E-state index contributed by atoms with van der Waals surface area (Å²) < 4.78 is 0. The van der Waals surface area contributed by atoms with Gasteiger partial charge in [-0.15, -0.1) is 0 Å². The number of rotatable bonds is 5. The molecule has 336 valence electrons. The van der Waals surface area contributed by atoms with Crippen molar-refractivity contribution in [2.45, 2.75) is 44.9 Å². The van der Waals surface area contributed by atoms with Crippen molar-refractivity contribution in [3.63, 3.8) is 0 Å². The van der Waals surface area contributed by atoms with Gasteiger partial charge in [0.25, 0.3) is 0 Å². The fraction of sp³-hybridized carbons (Fsp3) is 0.134. The first-order valence-corrected chi connectivity index (χ1v) is 25.2. The van der Waals surface area contributed by atoms with E-state index in [2.05, 4.69) is 241 Å². The summed E-state index contributed by atoms with van der Waals surface area (Å²) in [5.41, 5.74) is 19.1. The van der Waals surface area contributed by atoms with E-state index in [1.807, 2.05) is 0 Å². The van der Waals surface area contributed by atoms with E-state index in [9.17, 15) is 0 Å². The van der Waals surface area contributed by atoms with Crippen LogP contribution in [0.25, 0.3) is 65.3 Å². The summed E-state index contributed by atoms with van der Waals surface area (Å²) in [6.07, 6.45) is 4.38. The molecule has 14 rings (SSSR count). The molecule has 0 fully saturated rings. The highest BCUT2D eigenvalue weighted by atomic mass is 15.2. The maximum absolute atomic E-state index is 2.65. The van der Waals surface area contributed by atoms with Gasteiger partial charge in [-0.3, -0.25) is 0 Å². The SMILES string of the molecule is CC1(C)c2ccccc2N(c2ccc3c(-c4ccc5ccccc5c4)c4cc(N5CCCc6ccccc65)c(N5CCCc6ccccc65)cc4c(-c4ccc5ccccc5c4)c3c2)c2ccccc21. The van der Waals surface area contributed by atoms with Crippen LogP contribution in [-0.2, 0) is 18.3 Å². The number of benzene rings is 11. The lowest BCUT2D eigenvalue weighted by molar-refractivity contribution is 0.632. The van der Waals surface area contributed by atoms with Gasteiger partial charge in [-0.05, 0) is 174 Å². The molecule has 0 aliphatic carbocycles. The number of fused-ring (bicyclic) bond motifs is 8. The quantitative estimate of drug-likeness (QED) is 0.159. The van der Waals surface area contributed by atoms with E-state index in [-0.39, 0.29) is 5.41 Å². The molecule has 3 aliphatic rings. The molecule has 11 aromatic rings. The predicted octanol–water partition coefficient (Wildman–Crippen LogP) is 17.9. The lowest BCUT2D eigenvalue weighted by Gasteiger charge is -2.42. The Morgan fingerprint density at radius 2 is 0.771 bits per heavy atom. The molecule has 3 nitrogen and oxygen atoms in total. The molecule has 0 spiro atoms. The monoisotopic (exact) mass is 899 g/mol. The van der Waals surface area contributed by atoms with Gasteiger partial charge in [-0.25, -0.2) is 0 Å². The van der Waals surface area contributed by atoms with E-state index in [0.717, 1.165) is 44.5 Å². The van der Waals surface area contributed by atoms with Gasteiger partial charge in [-0.2, -0.15) is 0 Å². The Hall–Kier alpha value is -8.14. The second-order valence-corrected chi connectivity index (χ2v) is 20.3. The highest BCUT2D eigenvalue weighted by molar-refractivity contribution is 6.24. The molecule has 70 heavy (non-hydrogen) atoms. The fourth-order valence-corrected chi connectivity index (χ4v) is 12.6. The van der Waals surface area contributed by atoms with E-state index in [1.165, 1.54) is 122 Å². The number of hydrogen-bond donors (Lipinski definition) is 0. The van der Waals surface area contributed by atoms with Crippen molar-refractivity contribution >= 4 is 82.9 Å². The van der Waals surface area contributed by atoms with Crippen LogP contribution in [0.3, 0.4) is 0 Å². The highest BCUT2D eigenvalue weighted by Gasteiger charge is 2.37. The minimum Gasteiger partial charge on any atom is -0.340 e. The van der Waals surface area contributed by atoms with Gasteiger partial charge in [0.05, 0.1) is 22.7 Å². The highest BCUT2D eigenvalue weighted by Crippen LogP contribution is 2.55. The van der Waals surface area contributed by atoms with E-state index in [0.29, 0.717) is 0 Å². The Kier molecular flexibility index (Phi) is 9.33. The molecule has 0 aromatic heterocycles. The topological polar surface area (TPSA) is 9.72 Å². The Morgan fingerprint density at radius 3 is 1.30 bits per heavy atom.